The Hall–Kier alpha value is -4.76. The number of hydrogen-bond donors (Lipinski definition) is 0. The molecule has 0 bridgehead atoms. The van der Waals surface area contributed by atoms with E-state index < -0.39 is 5.41 Å². The standard InChI is InChI=1S/C51H8B29NO/c1-5-20(55)17-12(25(60)21(5)56)11-7(3-9(52)22(57)24(11)59)51(17)8-4-10(53)23(58)44(79)49(8)82-50-18(51)33(68)47(43(78)45(50)80)81(46-6(2)19(54)13(30(65)40(46)75)14-26(61)34(69)38(73)35(70)27(14)62)48-41(76)31(66)16(32(67)42(48)77)15-28(63)36(71)39(74)37(72)29(15)64/h3-4H,1-2H3. The molecule has 1 spiro atoms. The van der Waals surface area contributed by atoms with E-state index in [1.165, 1.54) is 11.0 Å². The van der Waals surface area contributed by atoms with Gasteiger partial charge in [-0.2, -0.15) is 0 Å². The molecule has 10 rings (SSSR count). The third-order valence-corrected chi connectivity index (χ3v) is 16.3. The summed E-state index contributed by atoms with van der Waals surface area (Å²) in [5.74, 6) is -0.272. The lowest BCUT2D eigenvalue weighted by atomic mass is 9.54. The number of fused-ring (bicyclic) bond motifs is 9. The summed E-state index contributed by atoms with van der Waals surface area (Å²) in [4.78, 5) is 1.30. The molecule has 0 saturated carbocycles. The highest BCUT2D eigenvalue weighted by Crippen LogP contribution is 2.60. The molecule has 1 atom stereocenters. The zero-order chi connectivity index (χ0) is 60.8. The van der Waals surface area contributed by atoms with Gasteiger partial charge in [0.1, 0.15) is 239 Å². The Morgan fingerprint density at radius 2 is 0.585 bits per heavy atom. The summed E-state index contributed by atoms with van der Waals surface area (Å²) in [7, 11) is 199. The van der Waals surface area contributed by atoms with E-state index in [0.29, 0.717) is 5.56 Å². The van der Waals surface area contributed by atoms with Crippen molar-refractivity contribution in [3.63, 3.8) is 0 Å². The molecule has 8 aromatic carbocycles. The maximum Gasteiger partial charge on any atom is 0.124 e. The van der Waals surface area contributed by atoms with Crippen LogP contribution in [-0.4, -0.2) is 228 Å². The van der Waals surface area contributed by atoms with Gasteiger partial charge in [0.2, 0.25) is 0 Å². The molecule has 1 aliphatic carbocycles. The molecule has 2 aliphatic rings. The van der Waals surface area contributed by atoms with Crippen LogP contribution in [0, 0.1) is 13.8 Å². The van der Waals surface area contributed by atoms with Crippen molar-refractivity contribution in [2.24, 2.45) is 0 Å². The van der Waals surface area contributed by atoms with Gasteiger partial charge in [0.15, 0.2) is 0 Å². The summed E-state index contributed by atoms with van der Waals surface area (Å²) >= 11 is 0. The normalized spacial score (nSPS) is 13.8. The summed E-state index contributed by atoms with van der Waals surface area (Å²) in [6, 6.07) is 3.06. The van der Waals surface area contributed by atoms with Crippen molar-refractivity contribution in [1.29, 1.82) is 0 Å². The zero-order valence-corrected chi connectivity index (χ0v) is 44.3. The fourth-order valence-corrected chi connectivity index (χ4v) is 11.8. The highest BCUT2D eigenvalue weighted by atomic mass is 16.5. The molecule has 2 nitrogen and oxygen atoms in total. The maximum atomic E-state index is 7.89. The Balaban J connectivity index is 1.46. The second-order valence-electron chi connectivity index (χ2n) is 20.3. The molecule has 310 valence electrons. The van der Waals surface area contributed by atoms with E-state index in [0.717, 1.165) is 0 Å². The average Bonchev–Trinajstić information content (AvgIpc) is 1.63. The van der Waals surface area contributed by atoms with Gasteiger partial charge in [0.05, 0.1) is 5.41 Å². The molecule has 31 heteroatoms. The van der Waals surface area contributed by atoms with E-state index in [9.17, 15) is 0 Å². The number of anilines is 3. The second-order valence-corrected chi connectivity index (χ2v) is 20.3. The largest absolute Gasteiger partial charge is 0.458 e. The van der Waals surface area contributed by atoms with Crippen LogP contribution in [0.4, 0.5) is 17.1 Å². The minimum absolute atomic E-state index is 0.00195. The first kappa shape index (κ1) is 60.4. The van der Waals surface area contributed by atoms with E-state index in [2.05, 4.69) is 0 Å². The molecule has 0 saturated heterocycles. The van der Waals surface area contributed by atoms with Gasteiger partial charge in [-0.1, -0.05) is 116 Å². The highest BCUT2D eigenvalue weighted by molar-refractivity contribution is 6.73. The third-order valence-electron chi connectivity index (χ3n) is 16.3. The Kier molecular flexibility index (Phi) is 15.1. The molecular weight excluding hydrogens is 956 g/mol. The Morgan fingerprint density at radius 1 is 0.256 bits per heavy atom. The first-order chi connectivity index (χ1) is 38.2. The molecule has 58 radical (unpaired) electrons. The molecule has 1 aliphatic heterocycles. The quantitative estimate of drug-likeness (QED) is 0.159. The lowest BCUT2D eigenvalue weighted by Crippen LogP contribution is -2.57. The van der Waals surface area contributed by atoms with E-state index in [1.54, 1.807) is 19.9 Å². The SMILES string of the molecule is [B]c1cc2c(c([B])c1[B])Oc1c([B])c([B])c(N(c3c([B])c([B])c(-c4c([B])c([B])c([B])c([B])c4[B])c([B])c3[B])c3c([B])c([B])c(-c4c([B])c([B])c([B])c([B])c4[B])c([B])c3C)c([B])c1C21c2cc([B])c([B])c([B])c2-c2c([B])c([B])c(C)c([B])c21. The average molecular weight is 964 g/mol. The van der Waals surface area contributed by atoms with Crippen molar-refractivity contribution in [1.82, 2.24) is 0 Å². The smallest absolute Gasteiger partial charge is 0.124 e. The van der Waals surface area contributed by atoms with Crippen molar-refractivity contribution in [2.75, 3.05) is 4.90 Å². The van der Waals surface area contributed by atoms with E-state index >= 15 is 0 Å². The van der Waals surface area contributed by atoms with Crippen LogP contribution < -0.4 is 168 Å². The van der Waals surface area contributed by atoms with Crippen LogP contribution in [-0.2, 0) is 5.41 Å². The van der Waals surface area contributed by atoms with Crippen LogP contribution in [0.25, 0.3) is 33.4 Å². The van der Waals surface area contributed by atoms with Crippen molar-refractivity contribution < 1.29 is 4.74 Å². The van der Waals surface area contributed by atoms with Gasteiger partial charge >= 0.3 is 0 Å². The zero-order valence-electron chi connectivity index (χ0n) is 44.3. The fourth-order valence-electron chi connectivity index (χ4n) is 11.8. The summed E-state index contributed by atoms with van der Waals surface area (Å²) in [5, 5.41) is 0. The predicted molar refractivity (Wildman–Crippen MR) is 375 cm³/mol. The molecule has 0 fully saturated rings. The Bertz CT molecular complexity index is 4090. The summed E-state index contributed by atoms with van der Waals surface area (Å²) in [6.45, 7) is 3.20. The van der Waals surface area contributed by atoms with Crippen LogP contribution in [0.2, 0.25) is 0 Å². The molecule has 8 aromatic rings. The lowest BCUT2D eigenvalue weighted by Gasteiger charge is -2.46. The number of rotatable bonds is 5. The van der Waals surface area contributed by atoms with Crippen molar-refractivity contribution in [3.05, 3.63) is 45.5 Å². The Morgan fingerprint density at radius 3 is 1.05 bits per heavy atom. The topological polar surface area (TPSA) is 12.5 Å². The summed E-state index contributed by atoms with van der Waals surface area (Å²) < 4.78 is 6.80. The third kappa shape index (κ3) is 7.76. The minimum atomic E-state index is -1.97. The first-order valence-electron chi connectivity index (χ1n) is 24.4. The molecule has 1 unspecified atom stereocenters. The monoisotopic (exact) mass is 969 g/mol. The van der Waals surface area contributed by atoms with Crippen LogP contribution in [0.1, 0.15) is 33.4 Å². The molecule has 0 aromatic heterocycles. The van der Waals surface area contributed by atoms with E-state index in [4.69, 9.17) is 232 Å². The van der Waals surface area contributed by atoms with Gasteiger partial charge in [-0.25, -0.2) is 0 Å². The van der Waals surface area contributed by atoms with Gasteiger partial charge in [-0.05, 0) is 63.9 Å². The van der Waals surface area contributed by atoms with Crippen molar-refractivity contribution in [2.45, 2.75) is 19.3 Å². The number of benzene rings is 8. The minimum Gasteiger partial charge on any atom is -0.458 e. The molecule has 1 heterocycles. The molecule has 0 N–H and O–H groups in total. The second kappa shape index (κ2) is 20.5. The number of ether oxygens (including phenoxy) is 1. The van der Waals surface area contributed by atoms with Gasteiger partial charge in [-0.3, -0.25) is 0 Å². The van der Waals surface area contributed by atoms with Crippen molar-refractivity contribution in [3.8, 4) is 44.9 Å². The number of hydrogen-bond acceptors (Lipinski definition) is 2. The van der Waals surface area contributed by atoms with Gasteiger partial charge in [-0.15, -0.1) is 60.1 Å². The van der Waals surface area contributed by atoms with Crippen LogP contribution in [0.3, 0.4) is 0 Å². The predicted octanol–water partition coefficient (Wildman–Crippen LogP) is -21.4. The molecule has 0 amide bonds. The van der Waals surface area contributed by atoms with Gasteiger partial charge in [0.25, 0.3) is 0 Å². The first-order valence-corrected chi connectivity index (χ1v) is 24.4. The lowest BCUT2D eigenvalue weighted by molar-refractivity contribution is 0.446. The summed E-state index contributed by atoms with van der Waals surface area (Å²) in [6.07, 6.45) is 0. The van der Waals surface area contributed by atoms with Gasteiger partial charge in [0, 0.05) is 28.2 Å². The molecular formula is C51H8B29NO. The van der Waals surface area contributed by atoms with Crippen molar-refractivity contribution >= 4 is 403 Å². The van der Waals surface area contributed by atoms with Crippen LogP contribution in [0.5, 0.6) is 11.5 Å². The summed E-state index contributed by atoms with van der Waals surface area (Å²) in [5.41, 5.74) is -5.91. The fraction of sp³-hybridized carbons (Fsp3) is 0.0588. The van der Waals surface area contributed by atoms with E-state index in [-0.39, 0.29) is 248 Å². The number of nitrogens with zero attached hydrogens (tertiary/aromatic N) is 1. The Labute approximate surface area is 518 Å². The van der Waals surface area contributed by atoms with Crippen LogP contribution in [0.15, 0.2) is 12.1 Å². The van der Waals surface area contributed by atoms with Crippen LogP contribution >= 0.6 is 0 Å². The highest BCUT2D eigenvalue weighted by Gasteiger charge is 2.55. The van der Waals surface area contributed by atoms with Gasteiger partial charge < -0.3 is 9.64 Å². The maximum absolute atomic E-state index is 7.89. The molecule has 82 heavy (non-hydrogen) atoms. The van der Waals surface area contributed by atoms with E-state index in [1.807, 2.05) is 0 Å².